The van der Waals surface area contributed by atoms with Crippen LogP contribution in [0.4, 0.5) is 5.00 Å². The quantitative estimate of drug-likeness (QED) is 0.730. The smallest absolute Gasteiger partial charge is 0.254 e. The second-order valence-corrected chi connectivity index (χ2v) is 8.24. The molecule has 0 spiro atoms. The first-order valence-electron chi connectivity index (χ1n) is 9.79. The molecule has 1 atom stereocenters. The van der Waals surface area contributed by atoms with E-state index in [0.717, 1.165) is 49.8 Å². The van der Waals surface area contributed by atoms with Crippen LogP contribution in [0.25, 0.3) is 6.08 Å². The summed E-state index contributed by atoms with van der Waals surface area (Å²) in [6.45, 7) is 1.29. The normalized spacial score (nSPS) is 18.4. The molecule has 4 rings (SSSR count). The molecule has 1 aliphatic carbocycles. The molecule has 5 nitrogen and oxygen atoms in total. The van der Waals surface area contributed by atoms with Gasteiger partial charge in [0.05, 0.1) is 11.7 Å². The van der Waals surface area contributed by atoms with Crippen molar-refractivity contribution in [2.24, 2.45) is 0 Å². The number of hydrogen-bond donors (Lipinski definition) is 2. The summed E-state index contributed by atoms with van der Waals surface area (Å²) in [6, 6.07) is 9.67. The third-order valence-corrected chi connectivity index (χ3v) is 6.33. The monoisotopic (exact) mass is 396 g/mol. The van der Waals surface area contributed by atoms with Crippen LogP contribution in [0.1, 0.15) is 45.6 Å². The first-order chi connectivity index (χ1) is 13.7. The van der Waals surface area contributed by atoms with Crippen molar-refractivity contribution in [1.82, 2.24) is 5.32 Å². The summed E-state index contributed by atoms with van der Waals surface area (Å²) < 4.78 is 5.59. The number of amides is 2. The lowest BCUT2D eigenvalue weighted by Crippen LogP contribution is -2.32. The van der Waals surface area contributed by atoms with Gasteiger partial charge in [-0.05, 0) is 49.3 Å². The summed E-state index contributed by atoms with van der Waals surface area (Å²) in [7, 11) is 0. The lowest BCUT2D eigenvalue weighted by Gasteiger charge is -2.12. The summed E-state index contributed by atoms with van der Waals surface area (Å²) in [5.74, 6) is -0.339. The van der Waals surface area contributed by atoms with Crippen LogP contribution in [0.2, 0.25) is 0 Å². The molecule has 2 amide bonds. The Balaban J connectivity index is 1.46. The number of hydrogen-bond acceptors (Lipinski definition) is 4. The van der Waals surface area contributed by atoms with E-state index in [9.17, 15) is 9.59 Å². The Morgan fingerprint density at radius 2 is 2.04 bits per heavy atom. The van der Waals surface area contributed by atoms with Crippen LogP contribution in [0.15, 0.2) is 36.4 Å². The van der Waals surface area contributed by atoms with Crippen molar-refractivity contribution >= 4 is 34.2 Å². The maximum Gasteiger partial charge on any atom is 0.254 e. The number of carbonyl (C=O) groups is 2. The van der Waals surface area contributed by atoms with Gasteiger partial charge in [0.2, 0.25) is 5.91 Å². The highest BCUT2D eigenvalue weighted by Gasteiger charge is 2.28. The van der Waals surface area contributed by atoms with Crippen LogP contribution < -0.4 is 10.6 Å². The van der Waals surface area contributed by atoms with Gasteiger partial charge < -0.3 is 15.4 Å². The molecule has 2 aliphatic rings. The predicted octanol–water partition coefficient (Wildman–Crippen LogP) is 3.80. The summed E-state index contributed by atoms with van der Waals surface area (Å²) >= 11 is 1.53. The minimum atomic E-state index is -0.225. The van der Waals surface area contributed by atoms with E-state index < -0.39 is 0 Å². The van der Waals surface area contributed by atoms with Crippen molar-refractivity contribution in [3.05, 3.63) is 58.0 Å². The van der Waals surface area contributed by atoms with Crippen LogP contribution in [0, 0.1) is 0 Å². The van der Waals surface area contributed by atoms with Crippen LogP contribution in [-0.2, 0) is 22.4 Å². The number of ether oxygens (including phenoxy) is 1. The number of fused-ring (bicyclic) bond motifs is 1. The van der Waals surface area contributed by atoms with Crippen molar-refractivity contribution in [3.63, 3.8) is 0 Å². The van der Waals surface area contributed by atoms with E-state index in [0.29, 0.717) is 17.1 Å². The second-order valence-electron chi connectivity index (χ2n) is 7.14. The molecule has 1 fully saturated rings. The molecule has 1 aromatic carbocycles. The van der Waals surface area contributed by atoms with Gasteiger partial charge in [-0.1, -0.05) is 30.3 Å². The highest BCUT2D eigenvalue weighted by atomic mass is 32.1. The van der Waals surface area contributed by atoms with E-state index >= 15 is 0 Å². The third kappa shape index (κ3) is 4.34. The molecule has 0 saturated carbocycles. The molecule has 0 bridgehead atoms. The maximum atomic E-state index is 12.9. The van der Waals surface area contributed by atoms with Gasteiger partial charge in [0.15, 0.2) is 0 Å². The molecule has 0 unspecified atom stereocenters. The fourth-order valence-corrected chi connectivity index (χ4v) is 5.01. The average molecular weight is 397 g/mol. The minimum Gasteiger partial charge on any atom is -0.376 e. The first kappa shape index (κ1) is 18.9. The Kier molecular flexibility index (Phi) is 5.88. The van der Waals surface area contributed by atoms with Crippen LogP contribution >= 0.6 is 11.3 Å². The fourth-order valence-electron chi connectivity index (χ4n) is 3.72. The second kappa shape index (κ2) is 8.71. The minimum absolute atomic E-state index is 0.0995. The number of aryl methyl sites for hydroxylation is 1. The Labute approximate surface area is 168 Å². The van der Waals surface area contributed by atoms with Gasteiger partial charge >= 0.3 is 0 Å². The fraction of sp³-hybridized carbons (Fsp3) is 0.364. The van der Waals surface area contributed by atoms with Crippen molar-refractivity contribution in [2.45, 2.75) is 38.2 Å². The lowest BCUT2D eigenvalue weighted by molar-refractivity contribution is -0.111. The van der Waals surface area contributed by atoms with E-state index in [1.54, 1.807) is 6.08 Å². The standard InChI is InChI=1S/C22H24N2O3S/c25-19(12-11-15-6-2-1-3-7-15)24-22-20(17-9-4-10-18(17)28-22)21(26)23-14-16-8-5-13-27-16/h1-3,6-7,11-12,16H,4-5,8-10,13-14H2,(H,23,26)(H,24,25)/b12-11+/t16-/m1/s1. The number of nitrogens with one attached hydrogen (secondary N) is 2. The van der Waals surface area contributed by atoms with Crippen molar-refractivity contribution < 1.29 is 14.3 Å². The Hall–Kier alpha value is -2.44. The van der Waals surface area contributed by atoms with Crippen molar-refractivity contribution in [2.75, 3.05) is 18.5 Å². The molecular weight excluding hydrogens is 372 g/mol. The van der Waals surface area contributed by atoms with Gasteiger partial charge in [-0.25, -0.2) is 0 Å². The summed E-state index contributed by atoms with van der Waals surface area (Å²) in [5, 5.41) is 6.57. The van der Waals surface area contributed by atoms with Gasteiger partial charge in [-0.3, -0.25) is 9.59 Å². The molecule has 146 valence electrons. The van der Waals surface area contributed by atoms with Gasteiger partial charge in [0.25, 0.3) is 5.91 Å². The molecule has 28 heavy (non-hydrogen) atoms. The van der Waals surface area contributed by atoms with E-state index in [4.69, 9.17) is 4.74 Å². The number of anilines is 1. The molecule has 2 N–H and O–H groups in total. The van der Waals surface area contributed by atoms with E-state index in [2.05, 4.69) is 10.6 Å². The molecular formula is C22H24N2O3S. The number of rotatable bonds is 6. The highest BCUT2D eigenvalue weighted by molar-refractivity contribution is 7.17. The van der Waals surface area contributed by atoms with Gasteiger partial charge in [0, 0.05) is 24.1 Å². The summed E-state index contributed by atoms with van der Waals surface area (Å²) in [5.41, 5.74) is 2.69. The Morgan fingerprint density at radius 3 is 2.82 bits per heavy atom. The van der Waals surface area contributed by atoms with E-state index in [1.165, 1.54) is 22.3 Å². The zero-order chi connectivity index (χ0) is 19.3. The van der Waals surface area contributed by atoms with Crippen LogP contribution in [-0.4, -0.2) is 31.1 Å². The van der Waals surface area contributed by atoms with Gasteiger partial charge in [-0.2, -0.15) is 0 Å². The first-order valence-corrected chi connectivity index (χ1v) is 10.6. The molecule has 2 heterocycles. The van der Waals surface area contributed by atoms with Crippen molar-refractivity contribution in [3.8, 4) is 0 Å². The Bertz CT molecular complexity index is 883. The van der Waals surface area contributed by atoms with Crippen LogP contribution in [0.3, 0.4) is 0 Å². The molecule has 0 radical (unpaired) electrons. The largest absolute Gasteiger partial charge is 0.376 e. The summed E-state index contributed by atoms with van der Waals surface area (Å²) in [4.78, 5) is 26.5. The molecule has 1 aliphatic heterocycles. The number of benzene rings is 1. The zero-order valence-corrected chi connectivity index (χ0v) is 16.5. The predicted molar refractivity (Wildman–Crippen MR) is 112 cm³/mol. The Morgan fingerprint density at radius 1 is 1.18 bits per heavy atom. The SMILES string of the molecule is O=C(/C=C/c1ccccc1)Nc1sc2c(c1C(=O)NC[C@H]1CCCO1)CCC2. The van der Waals surface area contributed by atoms with Crippen LogP contribution in [0.5, 0.6) is 0 Å². The van der Waals surface area contributed by atoms with Crippen molar-refractivity contribution in [1.29, 1.82) is 0 Å². The molecule has 2 aromatic rings. The zero-order valence-electron chi connectivity index (χ0n) is 15.7. The van der Waals surface area contributed by atoms with E-state index in [1.807, 2.05) is 30.3 Å². The highest BCUT2D eigenvalue weighted by Crippen LogP contribution is 2.39. The average Bonchev–Trinajstić information content (AvgIpc) is 3.43. The van der Waals surface area contributed by atoms with Gasteiger partial charge in [-0.15, -0.1) is 11.3 Å². The third-order valence-electron chi connectivity index (χ3n) is 5.13. The lowest BCUT2D eigenvalue weighted by atomic mass is 10.1. The maximum absolute atomic E-state index is 12.9. The topological polar surface area (TPSA) is 67.4 Å². The number of thiophene rings is 1. The van der Waals surface area contributed by atoms with Gasteiger partial charge in [0.1, 0.15) is 5.00 Å². The molecule has 1 saturated heterocycles. The van der Waals surface area contributed by atoms with E-state index in [-0.39, 0.29) is 17.9 Å². The number of carbonyl (C=O) groups excluding carboxylic acids is 2. The molecule has 1 aromatic heterocycles. The summed E-state index contributed by atoms with van der Waals surface area (Å²) in [6.07, 6.45) is 8.34. The molecule has 6 heteroatoms.